The number of nitrogens with zero attached hydrogens (tertiary/aromatic N) is 2. The smallest absolute Gasteiger partial charge is 0.222 e. The van der Waals surface area contributed by atoms with E-state index in [-0.39, 0.29) is 0 Å². The maximum Gasteiger partial charge on any atom is 0.222 e. The number of nitrogens with one attached hydrogen (secondary N) is 1. The highest BCUT2D eigenvalue weighted by atomic mass is 79.9. The predicted molar refractivity (Wildman–Crippen MR) is 68.3 cm³/mol. The third-order valence-electron chi connectivity index (χ3n) is 2.54. The first-order chi connectivity index (χ1) is 7.18. The monoisotopic (exact) mass is 287 g/mol. The summed E-state index contributed by atoms with van der Waals surface area (Å²) in [5.74, 6) is 1.99. The highest BCUT2D eigenvalue weighted by Crippen LogP contribution is 2.37. The second kappa shape index (κ2) is 4.70. The number of thioether (sulfide) groups is 1. The van der Waals surface area contributed by atoms with Crippen molar-refractivity contribution in [2.75, 3.05) is 17.6 Å². The lowest BCUT2D eigenvalue weighted by atomic mass is 10.1. The lowest BCUT2D eigenvalue weighted by molar-refractivity contribution is 0.632. The Labute approximate surface area is 103 Å². The summed E-state index contributed by atoms with van der Waals surface area (Å²) >= 11 is 5.36. The second-order valence-corrected chi connectivity index (χ2v) is 6.58. The van der Waals surface area contributed by atoms with Gasteiger partial charge < -0.3 is 5.32 Å². The molecule has 1 fully saturated rings. The van der Waals surface area contributed by atoms with Gasteiger partial charge in [0.05, 0.1) is 4.47 Å². The van der Waals surface area contributed by atoms with E-state index in [0.717, 1.165) is 11.0 Å². The van der Waals surface area contributed by atoms with Crippen LogP contribution in [0.15, 0.2) is 16.9 Å². The van der Waals surface area contributed by atoms with Crippen LogP contribution in [0.4, 0.5) is 5.95 Å². The third-order valence-corrected chi connectivity index (χ3v) is 4.49. The van der Waals surface area contributed by atoms with Crippen molar-refractivity contribution in [1.82, 2.24) is 9.97 Å². The van der Waals surface area contributed by atoms with E-state index in [1.165, 1.54) is 18.6 Å². The lowest BCUT2D eigenvalue weighted by Gasteiger charge is -2.22. The Morgan fingerprint density at radius 2 is 2.27 bits per heavy atom. The van der Waals surface area contributed by atoms with E-state index in [1.54, 1.807) is 12.4 Å². The van der Waals surface area contributed by atoms with Crippen molar-refractivity contribution in [2.45, 2.75) is 24.5 Å². The normalized spacial score (nSPS) is 25.5. The van der Waals surface area contributed by atoms with E-state index in [0.29, 0.717) is 10.7 Å². The molecule has 0 radical (unpaired) electrons. The first kappa shape index (κ1) is 11.2. The maximum absolute atomic E-state index is 4.19. The van der Waals surface area contributed by atoms with Crippen LogP contribution in [-0.2, 0) is 0 Å². The predicted octanol–water partition coefficient (Wildman–Crippen LogP) is 2.94. The number of halogens is 1. The summed E-state index contributed by atoms with van der Waals surface area (Å²) < 4.78 is 1.27. The molecule has 1 aliphatic heterocycles. The fraction of sp³-hybridized carbons (Fsp3) is 0.600. The molecule has 0 bridgehead atoms. The molecule has 0 aliphatic carbocycles. The Balaban J connectivity index is 1.90. The van der Waals surface area contributed by atoms with E-state index in [9.17, 15) is 0 Å². The fourth-order valence-electron chi connectivity index (χ4n) is 1.65. The molecule has 15 heavy (non-hydrogen) atoms. The molecule has 2 heterocycles. The molecule has 1 aliphatic rings. The standard InChI is InChI=1S/C10H14BrN3S/c1-10(3-2-4-15-10)7-14-9-12-5-8(11)6-13-9/h5-6H,2-4,7H2,1H3,(H,12,13,14). The minimum Gasteiger partial charge on any atom is -0.353 e. The van der Waals surface area contributed by atoms with Gasteiger partial charge in [-0.05, 0) is 41.4 Å². The lowest BCUT2D eigenvalue weighted by Crippen LogP contribution is -2.27. The largest absolute Gasteiger partial charge is 0.353 e. The van der Waals surface area contributed by atoms with Gasteiger partial charge in [-0.25, -0.2) is 9.97 Å². The molecule has 1 aromatic heterocycles. The van der Waals surface area contributed by atoms with Crippen LogP contribution in [0.3, 0.4) is 0 Å². The molecule has 0 amide bonds. The van der Waals surface area contributed by atoms with Gasteiger partial charge in [-0.1, -0.05) is 0 Å². The van der Waals surface area contributed by atoms with Gasteiger partial charge in [0.25, 0.3) is 0 Å². The molecule has 0 aromatic carbocycles. The Morgan fingerprint density at radius 3 is 2.87 bits per heavy atom. The van der Waals surface area contributed by atoms with E-state index < -0.39 is 0 Å². The summed E-state index contributed by atoms with van der Waals surface area (Å²) in [5, 5.41) is 3.29. The van der Waals surface area contributed by atoms with Crippen LogP contribution in [0.1, 0.15) is 19.8 Å². The minimum atomic E-state index is 0.358. The quantitative estimate of drug-likeness (QED) is 0.928. The van der Waals surface area contributed by atoms with E-state index in [2.05, 4.69) is 38.1 Å². The van der Waals surface area contributed by atoms with Gasteiger partial charge in [-0.3, -0.25) is 0 Å². The summed E-state index contributed by atoms with van der Waals surface area (Å²) in [4.78, 5) is 8.38. The molecule has 0 saturated carbocycles. The van der Waals surface area contributed by atoms with Crippen LogP contribution >= 0.6 is 27.7 Å². The van der Waals surface area contributed by atoms with E-state index >= 15 is 0 Å². The van der Waals surface area contributed by atoms with Crippen LogP contribution in [0.2, 0.25) is 0 Å². The van der Waals surface area contributed by atoms with Crippen LogP contribution < -0.4 is 5.32 Å². The van der Waals surface area contributed by atoms with E-state index in [4.69, 9.17) is 0 Å². The van der Waals surface area contributed by atoms with Crippen LogP contribution in [0, 0.1) is 0 Å². The van der Waals surface area contributed by atoms with Gasteiger partial charge in [0.15, 0.2) is 0 Å². The van der Waals surface area contributed by atoms with Gasteiger partial charge in [-0.15, -0.1) is 0 Å². The van der Waals surface area contributed by atoms with Crippen molar-refractivity contribution in [1.29, 1.82) is 0 Å². The van der Waals surface area contributed by atoms with Crippen LogP contribution in [0.5, 0.6) is 0 Å². The Hall–Kier alpha value is -0.290. The van der Waals surface area contributed by atoms with Crippen molar-refractivity contribution in [2.24, 2.45) is 0 Å². The highest BCUT2D eigenvalue weighted by Gasteiger charge is 2.29. The fourth-order valence-corrected chi connectivity index (χ4v) is 3.10. The van der Waals surface area contributed by atoms with Crippen molar-refractivity contribution in [3.8, 4) is 0 Å². The summed E-state index contributed by atoms with van der Waals surface area (Å²) in [6, 6.07) is 0. The third kappa shape index (κ3) is 3.08. The van der Waals surface area contributed by atoms with Crippen molar-refractivity contribution in [3.63, 3.8) is 0 Å². The maximum atomic E-state index is 4.19. The van der Waals surface area contributed by atoms with Crippen molar-refractivity contribution in [3.05, 3.63) is 16.9 Å². The zero-order valence-corrected chi connectivity index (χ0v) is 11.1. The molecule has 82 valence electrons. The van der Waals surface area contributed by atoms with Gasteiger partial charge in [0.1, 0.15) is 0 Å². The number of hydrogen-bond donors (Lipinski definition) is 1. The average molecular weight is 288 g/mol. The Bertz CT molecular complexity index is 322. The van der Waals surface area contributed by atoms with E-state index in [1.807, 2.05) is 11.8 Å². The first-order valence-electron chi connectivity index (χ1n) is 5.03. The summed E-state index contributed by atoms with van der Waals surface area (Å²) in [7, 11) is 0. The van der Waals surface area contributed by atoms with Crippen LogP contribution in [-0.4, -0.2) is 27.0 Å². The number of anilines is 1. The molecular formula is C10H14BrN3S. The first-order valence-corrected chi connectivity index (χ1v) is 6.81. The number of hydrogen-bond acceptors (Lipinski definition) is 4. The zero-order chi connectivity index (χ0) is 10.7. The molecule has 1 N–H and O–H groups in total. The van der Waals surface area contributed by atoms with Crippen molar-refractivity contribution >= 4 is 33.6 Å². The molecule has 1 unspecified atom stereocenters. The molecule has 1 saturated heterocycles. The molecular weight excluding hydrogens is 274 g/mol. The zero-order valence-electron chi connectivity index (χ0n) is 8.66. The van der Waals surface area contributed by atoms with Crippen LogP contribution in [0.25, 0.3) is 0 Å². The Kier molecular flexibility index (Phi) is 3.51. The average Bonchev–Trinajstić information content (AvgIpc) is 2.65. The van der Waals surface area contributed by atoms with Gasteiger partial charge in [0.2, 0.25) is 5.95 Å². The van der Waals surface area contributed by atoms with Gasteiger partial charge in [-0.2, -0.15) is 11.8 Å². The summed E-state index contributed by atoms with van der Waals surface area (Å²) in [6.45, 7) is 3.25. The summed E-state index contributed by atoms with van der Waals surface area (Å²) in [6.07, 6.45) is 6.13. The minimum absolute atomic E-state index is 0.358. The van der Waals surface area contributed by atoms with Gasteiger partial charge in [0, 0.05) is 23.7 Å². The van der Waals surface area contributed by atoms with Crippen molar-refractivity contribution < 1.29 is 0 Å². The molecule has 2 rings (SSSR count). The number of rotatable bonds is 3. The molecule has 0 spiro atoms. The Morgan fingerprint density at radius 1 is 1.53 bits per heavy atom. The topological polar surface area (TPSA) is 37.8 Å². The van der Waals surface area contributed by atoms with Gasteiger partial charge >= 0.3 is 0 Å². The second-order valence-electron chi connectivity index (χ2n) is 3.98. The number of aromatic nitrogens is 2. The summed E-state index contributed by atoms with van der Waals surface area (Å²) in [5.41, 5.74) is 0. The highest BCUT2D eigenvalue weighted by molar-refractivity contribution is 9.10. The molecule has 1 aromatic rings. The molecule has 1 atom stereocenters. The molecule has 3 nitrogen and oxygen atoms in total. The molecule has 5 heteroatoms. The SMILES string of the molecule is CC1(CNc2ncc(Br)cn2)CCCS1.